The molecule has 3 aromatic rings. The summed E-state index contributed by atoms with van der Waals surface area (Å²) in [5, 5.41) is 19.7. The lowest BCUT2D eigenvalue weighted by Crippen LogP contribution is -2.02. The number of phenols is 2. The van der Waals surface area contributed by atoms with Crippen molar-refractivity contribution in [1.29, 1.82) is 0 Å². The highest BCUT2D eigenvalue weighted by Gasteiger charge is 2.14. The highest BCUT2D eigenvalue weighted by molar-refractivity contribution is 5.96. The number of fused-ring (bicyclic) bond motifs is 2. The molecule has 1 aromatic heterocycles. The second-order valence-electron chi connectivity index (χ2n) is 4.10. The Hall–Kier alpha value is -2.69. The number of rotatable bonds is 1. The number of hydrogen-bond acceptors (Lipinski definition) is 5. The fraction of sp³-hybridized carbons (Fsp3) is 0.0714. The fourth-order valence-electron chi connectivity index (χ4n) is 2.03. The topological polar surface area (TPSA) is 79.9 Å². The fourth-order valence-corrected chi connectivity index (χ4v) is 2.03. The van der Waals surface area contributed by atoms with Crippen molar-refractivity contribution in [1.82, 2.24) is 0 Å². The number of phenolic OH excluding ortho intramolecular Hbond substituents is 2. The molecule has 96 valence electrons. The predicted octanol–water partition coefficient (Wildman–Crippen LogP) is 2.37. The summed E-state index contributed by atoms with van der Waals surface area (Å²) in [5.41, 5.74) is -0.120. The smallest absolute Gasteiger partial charge is 0.204 e. The molecule has 0 fully saturated rings. The summed E-state index contributed by atoms with van der Waals surface area (Å²) in [6.45, 7) is 0. The van der Waals surface area contributed by atoms with Gasteiger partial charge in [0.05, 0.1) is 12.5 Å². The molecule has 5 nitrogen and oxygen atoms in total. The molecule has 2 aromatic carbocycles. The van der Waals surface area contributed by atoms with Crippen LogP contribution in [0.2, 0.25) is 0 Å². The minimum absolute atomic E-state index is 0.0253. The lowest BCUT2D eigenvalue weighted by Gasteiger charge is -2.06. The van der Waals surface area contributed by atoms with E-state index in [1.807, 2.05) is 0 Å². The first-order chi connectivity index (χ1) is 9.11. The van der Waals surface area contributed by atoms with Gasteiger partial charge in [-0.15, -0.1) is 0 Å². The SMILES string of the molecule is COc1ccc2oc3c(O)ccc(O)c3c(=O)c2c1. The maximum atomic E-state index is 12.3. The zero-order valence-corrected chi connectivity index (χ0v) is 10.0. The van der Waals surface area contributed by atoms with Gasteiger partial charge < -0.3 is 19.4 Å². The third-order valence-corrected chi connectivity index (χ3v) is 2.99. The van der Waals surface area contributed by atoms with Gasteiger partial charge >= 0.3 is 0 Å². The quantitative estimate of drug-likeness (QED) is 0.517. The molecule has 0 unspecified atom stereocenters. The molecule has 2 N–H and O–H groups in total. The van der Waals surface area contributed by atoms with Crippen molar-refractivity contribution < 1.29 is 19.4 Å². The lowest BCUT2D eigenvalue weighted by molar-refractivity contribution is 0.415. The van der Waals surface area contributed by atoms with Gasteiger partial charge in [0.1, 0.15) is 22.5 Å². The second kappa shape index (κ2) is 3.91. The minimum atomic E-state index is -0.413. The van der Waals surface area contributed by atoms with Crippen LogP contribution in [-0.4, -0.2) is 17.3 Å². The second-order valence-corrected chi connectivity index (χ2v) is 4.10. The van der Waals surface area contributed by atoms with Crippen molar-refractivity contribution in [2.75, 3.05) is 7.11 Å². The summed E-state index contributed by atoms with van der Waals surface area (Å²) in [6.07, 6.45) is 0. The maximum absolute atomic E-state index is 12.3. The van der Waals surface area contributed by atoms with E-state index in [1.54, 1.807) is 12.1 Å². The van der Waals surface area contributed by atoms with Gasteiger partial charge in [0.25, 0.3) is 0 Å². The van der Waals surface area contributed by atoms with E-state index in [1.165, 1.54) is 25.3 Å². The summed E-state index contributed by atoms with van der Waals surface area (Å²) in [4.78, 5) is 12.3. The van der Waals surface area contributed by atoms with Crippen molar-refractivity contribution in [3.63, 3.8) is 0 Å². The van der Waals surface area contributed by atoms with Crippen LogP contribution in [-0.2, 0) is 0 Å². The van der Waals surface area contributed by atoms with E-state index in [2.05, 4.69) is 0 Å². The normalized spacial score (nSPS) is 11.0. The van der Waals surface area contributed by atoms with Crippen molar-refractivity contribution in [3.05, 3.63) is 40.6 Å². The van der Waals surface area contributed by atoms with Crippen LogP contribution in [0, 0.1) is 0 Å². The Morgan fingerprint density at radius 1 is 1.11 bits per heavy atom. The Morgan fingerprint density at radius 2 is 1.84 bits per heavy atom. The zero-order valence-electron chi connectivity index (χ0n) is 10.0. The van der Waals surface area contributed by atoms with Gasteiger partial charge in [0.2, 0.25) is 5.43 Å². The molecule has 0 spiro atoms. The molecular weight excluding hydrogens is 248 g/mol. The number of hydrogen-bond donors (Lipinski definition) is 2. The van der Waals surface area contributed by atoms with Crippen molar-refractivity contribution in [2.45, 2.75) is 0 Å². The lowest BCUT2D eigenvalue weighted by atomic mass is 10.1. The molecule has 19 heavy (non-hydrogen) atoms. The van der Waals surface area contributed by atoms with E-state index in [0.29, 0.717) is 11.3 Å². The summed E-state index contributed by atoms with van der Waals surface area (Å²) >= 11 is 0. The standard InChI is InChI=1S/C14H10O5/c1-18-7-2-5-11-8(6-7)13(17)12-9(15)3-4-10(16)14(12)19-11/h2-6,15-16H,1H3. The molecule has 5 heteroatoms. The molecule has 0 saturated carbocycles. The van der Waals surface area contributed by atoms with Gasteiger partial charge in [-0.1, -0.05) is 0 Å². The van der Waals surface area contributed by atoms with Gasteiger partial charge in [0, 0.05) is 0 Å². The van der Waals surface area contributed by atoms with Crippen LogP contribution in [0.1, 0.15) is 0 Å². The summed E-state index contributed by atoms with van der Waals surface area (Å²) in [6, 6.07) is 7.29. The summed E-state index contributed by atoms with van der Waals surface area (Å²) in [5.74, 6) is 0.0904. The molecule has 0 amide bonds. The minimum Gasteiger partial charge on any atom is -0.507 e. The van der Waals surface area contributed by atoms with Gasteiger partial charge in [0.15, 0.2) is 11.3 Å². The molecular formula is C14H10O5. The molecule has 0 aliphatic heterocycles. The van der Waals surface area contributed by atoms with Crippen molar-refractivity contribution >= 4 is 21.9 Å². The Labute approximate surface area is 107 Å². The van der Waals surface area contributed by atoms with Crippen LogP contribution in [0.25, 0.3) is 21.9 Å². The van der Waals surface area contributed by atoms with Crippen LogP contribution in [0.15, 0.2) is 39.5 Å². The molecule has 3 rings (SSSR count). The average Bonchev–Trinajstić information content (AvgIpc) is 2.42. The maximum Gasteiger partial charge on any atom is 0.204 e. The van der Waals surface area contributed by atoms with Crippen LogP contribution < -0.4 is 10.2 Å². The van der Waals surface area contributed by atoms with E-state index in [0.717, 1.165) is 0 Å². The average molecular weight is 258 g/mol. The number of ether oxygens (including phenoxy) is 1. The predicted molar refractivity (Wildman–Crippen MR) is 69.9 cm³/mol. The van der Waals surface area contributed by atoms with Gasteiger partial charge in [-0.3, -0.25) is 4.79 Å². The first-order valence-electron chi connectivity index (χ1n) is 5.57. The highest BCUT2D eigenvalue weighted by atomic mass is 16.5. The monoisotopic (exact) mass is 258 g/mol. The zero-order chi connectivity index (χ0) is 13.6. The van der Waals surface area contributed by atoms with Crippen LogP contribution in [0.4, 0.5) is 0 Å². The Bertz CT molecular complexity index is 848. The van der Waals surface area contributed by atoms with E-state index >= 15 is 0 Å². The van der Waals surface area contributed by atoms with Crippen LogP contribution >= 0.6 is 0 Å². The summed E-state index contributed by atoms with van der Waals surface area (Å²) < 4.78 is 10.5. The highest BCUT2D eigenvalue weighted by Crippen LogP contribution is 2.32. The summed E-state index contributed by atoms with van der Waals surface area (Å²) in [7, 11) is 1.49. The number of aromatic hydroxyl groups is 2. The van der Waals surface area contributed by atoms with E-state index in [-0.39, 0.29) is 27.9 Å². The third kappa shape index (κ3) is 1.59. The van der Waals surface area contributed by atoms with Crippen LogP contribution in [0.5, 0.6) is 17.2 Å². The molecule has 0 saturated heterocycles. The number of benzene rings is 2. The van der Waals surface area contributed by atoms with E-state index in [4.69, 9.17) is 9.15 Å². The Balaban J connectivity index is 2.57. The number of methoxy groups -OCH3 is 1. The Kier molecular flexibility index (Phi) is 2.35. The van der Waals surface area contributed by atoms with Gasteiger partial charge in [-0.2, -0.15) is 0 Å². The molecule has 0 bridgehead atoms. The molecule has 0 aliphatic carbocycles. The van der Waals surface area contributed by atoms with Crippen molar-refractivity contribution in [2.24, 2.45) is 0 Å². The van der Waals surface area contributed by atoms with E-state index in [9.17, 15) is 15.0 Å². The van der Waals surface area contributed by atoms with Gasteiger partial charge in [-0.25, -0.2) is 0 Å². The third-order valence-electron chi connectivity index (χ3n) is 2.99. The van der Waals surface area contributed by atoms with Crippen LogP contribution in [0.3, 0.4) is 0 Å². The molecule has 0 radical (unpaired) electrons. The van der Waals surface area contributed by atoms with E-state index < -0.39 is 5.43 Å². The first kappa shape index (κ1) is 11.4. The largest absolute Gasteiger partial charge is 0.507 e. The first-order valence-corrected chi connectivity index (χ1v) is 5.57. The Morgan fingerprint density at radius 3 is 2.58 bits per heavy atom. The van der Waals surface area contributed by atoms with Gasteiger partial charge in [-0.05, 0) is 30.3 Å². The van der Waals surface area contributed by atoms with Crippen molar-refractivity contribution in [3.8, 4) is 17.2 Å². The molecule has 0 aliphatic rings. The molecule has 0 atom stereocenters. The molecule has 1 heterocycles.